The third-order valence-corrected chi connectivity index (χ3v) is 3.23. The molecule has 2 rings (SSSR count). The second-order valence-corrected chi connectivity index (χ2v) is 4.94. The zero-order valence-corrected chi connectivity index (χ0v) is 13.0. The van der Waals surface area contributed by atoms with Crippen molar-refractivity contribution in [3.8, 4) is 0 Å². The first kappa shape index (κ1) is 16.6. The van der Waals surface area contributed by atoms with E-state index in [0.29, 0.717) is 0 Å². The number of hydrogen-bond acceptors (Lipinski definition) is 6. The van der Waals surface area contributed by atoms with Crippen LogP contribution in [0.2, 0.25) is 5.02 Å². The maximum atomic E-state index is 12.5. The number of hydrogen-bond donors (Lipinski definition) is 0. The first-order valence-electron chi connectivity index (χ1n) is 6.55. The third kappa shape index (κ3) is 3.37. The van der Waals surface area contributed by atoms with Crippen LogP contribution in [-0.4, -0.2) is 33.1 Å². The van der Waals surface area contributed by atoms with Crippen LogP contribution in [0.1, 0.15) is 33.5 Å². The Balaban J connectivity index is 2.46. The molecule has 0 saturated carbocycles. The highest BCUT2D eigenvalue weighted by molar-refractivity contribution is 6.31. The summed E-state index contributed by atoms with van der Waals surface area (Å²) >= 11 is 5.81. The van der Waals surface area contributed by atoms with Gasteiger partial charge in [-0.25, -0.2) is 4.79 Å². The average Bonchev–Trinajstić information content (AvgIpc) is 2.88. The number of nitrogens with zero attached hydrogens (tertiary/aromatic N) is 3. The number of halogens is 1. The van der Waals surface area contributed by atoms with E-state index in [2.05, 4.69) is 5.10 Å². The van der Waals surface area contributed by atoms with Gasteiger partial charge in [-0.2, -0.15) is 5.10 Å². The smallest absolute Gasteiger partial charge is 0.356 e. The highest BCUT2D eigenvalue weighted by Crippen LogP contribution is 2.25. The average molecular weight is 338 g/mol. The van der Waals surface area contributed by atoms with Gasteiger partial charge in [0.2, 0.25) is 5.78 Å². The molecule has 23 heavy (non-hydrogen) atoms. The second-order valence-electron chi connectivity index (χ2n) is 4.51. The summed E-state index contributed by atoms with van der Waals surface area (Å²) in [5.41, 5.74) is -0.625. The van der Waals surface area contributed by atoms with Crippen molar-refractivity contribution in [1.82, 2.24) is 9.78 Å². The fraction of sp³-hybridized carbons (Fsp3) is 0.214. The van der Waals surface area contributed by atoms with Gasteiger partial charge < -0.3 is 4.74 Å². The van der Waals surface area contributed by atoms with Crippen LogP contribution in [0.5, 0.6) is 0 Å². The molecule has 0 bridgehead atoms. The number of rotatable bonds is 5. The Morgan fingerprint density at radius 2 is 2.09 bits per heavy atom. The Bertz CT molecular complexity index is 800. The number of carbonyl (C=O) groups is 2. The lowest BCUT2D eigenvalue weighted by molar-refractivity contribution is -0.385. The summed E-state index contributed by atoms with van der Waals surface area (Å²) in [5.74, 6) is -1.34. The van der Waals surface area contributed by atoms with E-state index in [1.165, 1.54) is 29.9 Å². The molecule has 0 aliphatic carbocycles. The van der Waals surface area contributed by atoms with E-state index in [1.54, 1.807) is 6.92 Å². The lowest BCUT2D eigenvalue weighted by atomic mass is 10.1. The fourth-order valence-corrected chi connectivity index (χ4v) is 2.13. The molecule has 0 spiro atoms. The largest absolute Gasteiger partial charge is 0.461 e. The van der Waals surface area contributed by atoms with Gasteiger partial charge in [0.25, 0.3) is 5.69 Å². The van der Waals surface area contributed by atoms with Crippen molar-refractivity contribution in [2.45, 2.75) is 6.92 Å². The molecule has 2 aromatic rings. The summed E-state index contributed by atoms with van der Waals surface area (Å²) in [6.45, 7) is 1.82. The van der Waals surface area contributed by atoms with Gasteiger partial charge in [-0.05, 0) is 19.1 Å². The summed E-state index contributed by atoms with van der Waals surface area (Å²) < 4.78 is 6.03. The zero-order chi connectivity index (χ0) is 17.1. The number of ketones is 1. The topological polar surface area (TPSA) is 104 Å². The number of ether oxygens (including phenoxy) is 1. The second kappa shape index (κ2) is 6.57. The number of nitro benzene ring substituents is 1. The lowest BCUT2D eigenvalue weighted by Crippen LogP contribution is -2.10. The number of carbonyl (C=O) groups excluding carboxylic acids is 2. The van der Waals surface area contributed by atoms with Crippen LogP contribution >= 0.6 is 11.6 Å². The maximum Gasteiger partial charge on any atom is 0.356 e. The minimum absolute atomic E-state index is 0.0693. The van der Waals surface area contributed by atoms with Crippen LogP contribution < -0.4 is 0 Å². The van der Waals surface area contributed by atoms with Crippen molar-refractivity contribution in [3.63, 3.8) is 0 Å². The molecule has 0 atom stereocenters. The van der Waals surface area contributed by atoms with Gasteiger partial charge in [0.1, 0.15) is 17.0 Å². The number of aryl methyl sites for hydroxylation is 1. The van der Waals surface area contributed by atoms with Crippen LogP contribution in [0, 0.1) is 10.1 Å². The summed E-state index contributed by atoms with van der Waals surface area (Å²) in [6.07, 6.45) is 0. The molecule has 0 N–H and O–H groups in total. The Labute approximate surface area is 135 Å². The molecule has 0 fully saturated rings. The molecule has 0 unspecified atom stereocenters. The van der Waals surface area contributed by atoms with Gasteiger partial charge in [0.15, 0.2) is 0 Å². The lowest BCUT2D eigenvalue weighted by Gasteiger charge is -2.00. The molecule has 0 aliphatic rings. The van der Waals surface area contributed by atoms with Crippen molar-refractivity contribution in [2.75, 3.05) is 6.61 Å². The quantitative estimate of drug-likeness (QED) is 0.359. The number of esters is 1. The minimum atomic E-state index is -0.703. The highest BCUT2D eigenvalue weighted by atomic mass is 35.5. The van der Waals surface area contributed by atoms with Gasteiger partial charge in [-0.3, -0.25) is 19.6 Å². The molecule has 0 aliphatic heterocycles. The summed E-state index contributed by atoms with van der Waals surface area (Å²) in [5, 5.41) is 15.1. The third-order valence-electron chi connectivity index (χ3n) is 3.00. The summed E-state index contributed by atoms with van der Waals surface area (Å²) in [4.78, 5) is 34.6. The Hall–Kier alpha value is -2.74. The van der Waals surface area contributed by atoms with Gasteiger partial charge in [0.05, 0.1) is 11.5 Å². The Morgan fingerprint density at radius 1 is 1.39 bits per heavy atom. The van der Waals surface area contributed by atoms with Crippen molar-refractivity contribution >= 4 is 29.0 Å². The van der Waals surface area contributed by atoms with E-state index < -0.39 is 16.7 Å². The number of nitro groups is 1. The Morgan fingerprint density at radius 3 is 2.70 bits per heavy atom. The van der Waals surface area contributed by atoms with Gasteiger partial charge in [-0.15, -0.1) is 0 Å². The van der Waals surface area contributed by atoms with Crippen molar-refractivity contribution in [2.24, 2.45) is 7.05 Å². The first-order chi connectivity index (χ1) is 10.8. The monoisotopic (exact) mass is 337 g/mol. The molecular weight excluding hydrogens is 326 g/mol. The van der Waals surface area contributed by atoms with E-state index in [-0.39, 0.29) is 34.3 Å². The minimum Gasteiger partial charge on any atom is -0.461 e. The van der Waals surface area contributed by atoms with E-state index >= 15 is 0 Å². The summed E-state index contributed by atoms with van der Waals surface area (Å²) in [7, 11) is 1.47. The number of aromatic nitrogens is 2. The molecule has 0 amide bonds. The van der Waals surface area contributed by atoms with E-state index in [0.717, 1.165) is 6.07 Å². The highest BCUT2D eigenvalue weighted by Gasteiger charge is 2.25. The predicted octanol–water partition coefficient (Wildman–Crippen LogP) is 2.39. The molecule has 1 aromatic heterocycles. The molecular formula is C14H12ClN3O5. The van der Waals surface area contributed by atoms with E-state index in [1.807, 2.05) is 0 Å². The van der Waals surface area contributed by atoms with Crippen LogP contribution in [-0.2, 0) is 11.8 Å². The SMILES string of the molecule is CCOC(=O)c1cc(C(=O)c2cc(Cl)ccc2[N+](=O)[O-])nn1C. The van der Waals surface area contributed by atoms with Crippen molar-refractivity contribution in [3.05, 3.63) is 56.4 Å². The molecule has 1 aromatic carbocycles. The van der Waals surface area contributed by atoms with Crippen LogP contribution in [0.15, 0.2) is 24.3 Å². The van der Waals surface area contributed by atoms with Gasteiger partial charge in [-0.1, -0.05) is 11.6 Å². The van der Waals surface area contributed by atoms with Crippen molar-refractivity contribution in [1.29, 1.82) is 0 Å². The standard InChI is InChI=1S/C14H12ClN3O5/c1-3-23-14(20)12-7-10(16-17(12)2)13(19)9-6-8(15)4-5-11(9)18(21)22/h4-7H,3H2,1-2H3. The molecule has 8 nitrogen and oxygen atoms in total. The van der Waals surface area contributed by atoms with Crippen molar-refractivity contribution < 1.29 is 19.2 Å². The van der Waals surface area contributed by atoms with E-state index in [9.17, 15) is 19.7 Å². The van der Waals surface area contributed by atoms with Crippen LogP contribution in [0.4, 0.5) is 5.69 Å². The first-order valence-corrected chi connectivity index (χ1v) is 6.92. The van der Waals surface area contributed by atoms with Crippen LogP contribution in [0.25, 0.3) is 0 Å². The fourth-order valence-electron chi connectivity index (χ4n) is 1.96. The summed E-state index contributed by atoms with van der Waals surface area (Å²) in [6, 6.07) is 4.88. The molecule has 0 radical (unpaired) electrons. The van der Waals surface area contributed by atoms with Gasteiger partial charge >= 0.3 is 5.97 Å². The molecule has 9 heteroatoms. The van der Waals surface area contributed by atoms with Gasteiger partial charge in [0, 0.05) is 24.2 Å². The normalized spacial score (nSPS) is 10.4. The molecule has 1 heterocycles. The van der Waals surface area contributed by atoms with Crippen LogP contribution in [0.3, 0.4) is 0 Å². The molecule has 0 saturated heterocycles. The Kier molecular flexibility index (Phi) is 4.75. The molecule has 120 valence electrons. The zero-order valence-electron chi connectivity index (χ0n) is 12.3. The maximum absolute atomic E-state index is 12.5. The van der Waals surface area contributed by atoms with E-state index in [4.69, 9.17) is 16.3 Å². The number of benzene rings is 1. The predicted molar refractivity (Wildman–Crippen MR) is 80.7 cm³/mol.